The van der Waals surface area contributed by atoms with Crippen LogP contribution in [-0.2, 0) is 6.54 Å². The quantitative estimate of drug-likeness (QED) is 0.775. The summed E-state index contributed by atoms with van der Waals surface area (Å²) < 4.78 is 0. The molecule has 1 rings (SSSR count). The van der Waals surface area contributed by atoms with Crippen LogP contribution in [0, 0.1) is 5.92 Å². The molecule has 0 aliphatic heterocycles. The maximum atomic E-state index is 3.58. The van der Waals surface area contributed by atoms with Crippen molar-refractivity contribution < 1.29 is 0 Å². The van der Waals surface area contributed by atoms with Crippen LogP contribution in [-0.4, -0.2) is 30.1 Å². The van der Waals surface area contributed by atoms with Crippen LogP contribution in [0.15, 0.2) is 17.5 Å². The molecule has 2 nitrogen and oxygen atoms in total. The van der Waals surface area contributed by atoms with Gasteiger partial charge in [0.25, 0.3) is 0 Å². The van der Waals surface area contributed by atoms with Gasteiger partial charge < -0.3 is 5.32 Å². The predicted octanol–water partition coefficient (Wildman–Crippen LogP) is 3.59. The lowest BCUT2D eigenvalue weighted by Crippen LogP contribution is -2.46. The molecule has 0 aromatic carbocycles. The third kappa shape index (κ3) is 5.09. The molecule has 1 atom stereocenters. The molecule has 0 saturated heterocycles. The molecule has 0 bridgehead atoms. The Labute approximate surface area is 116 Å². The Morgan fingerprint density at radius 1 is 1.28 bits per heavy atom. The fraction of sp³-hybridized carbons (Fsp3) is 0.733. The van der Waals surface area contributed by atoms with Crippen LogP contribution in [0.2, 0.25) is 0 Å². The van der Waals surface area contributed by atoms with Gasteiger partial charge in [-0.3, -0.25) is 4.90 Å². The fourth-order valence-electron chi connectivity index (χ4n) is 2.21. The van der Waals surface area contributed by atoms with Crippen LogP contribution in [0.1, 0.15) is 39.5 Å². The summed E-state index contributed by atoms with van der Waals surface area (Å²) in [6.45, 7) is 14.6. The first kappa shape index (κ1) is 15.7. The molecule has 0 aliphatic carbocycles. The second-order valence-electron chi connectivity index (χ2n) is 5.52. The van der Waals surface area contributed by atoms with Gasteiger partial charge in [-0.15, -0.1) is 11.3 Å². The summed E-state index contributed by atoms with van der Waals surface area (Å²) in [4.78, 5) is 4.05. The fourth-order valence-corrected chi connectivity index (χ4v) is 2.94. The van der Waals surface area contributed by atoms with Crippen molar-refractivity contribution in [2.45, 2.75) is 53.2 Å². The minimum Gasteiger partial charge on any atom is -0.313 e. The molecule has 1 aromatic rings. The molecule has 0 amide bonds. The summed E-state index contributed by atoms with van der Waals surface area (Å²) in [6, 6.07) is 5.55. The molecule has 1 unspecified atom stereocenters. The Balaban J connectivity index is 2.62. The minimum atomic E-state index is 0.562. The molecule has 104 valence electrons. The van der Waals surface area contributed by atoms with E-state index in [1.807, 2.05) is 11.3 Å². The Morgan fingerprint density at radius 3 is 2.44 bits per heavy atom. The topological polar surface area (TPSA) is 15.3 Å². The van der Waals surface area contributed by atoms with Crippen molar-refractivity contribution in [3.05, 3.63) is 22.4 Å². The van der Waals surface area contributed by atoms with E-state index in [-0.39, 0.29) is 0 Å². The van der Waals surface area contributed by atoms with Gasteiger partial charge in [-0.2, -0.15) is 0 Å². The summed E-state index contributed by atoms with van der Waals surface area (Å²) in [5.74, 6) is 0.677. The number of hydrogen-bond donors (Lipinski definition) is 1. The van der Waals surface area contributed by atoms with Gasteiger partial charge in [-0.25, -0.2) is 0 Å². The summed E-state index contributed by atoms with van der Waals surface area (Å²) in [6.07, 6.45) is 0. The lowest BCUT2D eigenvalue weighted by atomic mass is 10.0. The number of nitrogens with zero attached hydrogens (tertiary/aromatic N) is 1. The highest BCUT2D eigenvalue weighted by Gasteiger charge is 2.21. The van der Waals surface area contributed by atoms with Gasteiger partial charge in [-0.1, -0.05) is 40.7 Å². The van der Waals surface area contributed by atoms with Crippen LogP contribution in [0.25, 0.3) is 0 Å². The highest BCUT2D eigenvalue weighted by molar-refractivity contribution is 7.09. The highest BCUT2D eigenvalue weighted by atomic mass is 32.1. The Hall–Kier alpha value is -0.380. The molecular weight excluding hydrogens is 240 g/mol. The molecule has 0 radical (unpaired) electrons. The van der Waals surface area contributed by atoms with Crippen molar-refractivity contribution >= 4 is 11.3 Å². The SMILES string of the molecule is CCN(Cc1cccs1)C(CNC(C)C)C(C)C. The van der Waals surface area contributed by atoms with Crippen molar-refractivity contribution in [1.82, 2.24) is 10.2 Å². The van der Waals surface area contributed by atoms with Gasteiger partial charge >= 0.3 is 0 Å². The standard InChI is InChI=1S/C15H28N2S/c1-6-17(11-14-8-7-9-18-14)15(12(2)3)10-16-13(4)5/h7-9,12-13,15-16H,6,10-11H2,1-5H3. The van der Waals surface area contributed by atoms with E-state index in [4.69, 9.17) is 0 Å². The molecule has 1 N–H and O–H groups in total. The van der Waals surface area contributed by atoms with Crippen molar-refractivity contribution in [2.75, 3.05) is 13.1 Å². The summed E-state index contributed by atoms with van der Waals surface area (Å²) in [7, 11) is 0. The number of hydrogen-bond acceptors (Lipinski definition) is 3. The third-order valence-electron chi connectivity index (χ3n) is 3.32. The average Bonchev–Trinajstić information content (AvgIpc) is 2.79. The van der Waals surface area contributed by atoms with Gasteiger partial charge in [0.1, 0.15) is 0 Å². The molecule has 1 aromatic heterocycles. The van der Waals surface area contributed by atoms with Crippen molar-refractivity contribution in [1.29, 1.82) is 0 Å². The Kier molecular flexibility index (Phi) is 6.90. The number of rotatable bonds is 8. The minimum absolute atomic E-state index is 0.562. The summed E-state index contributed by atoms with van der Waals surface area (Å²) in [5, 5.41) is 5.75. The number of likely N-dealkylation sites (N-methyl/N-ethyl adjacent to an activating group) is 1. The predicted molar refractivity (Wildman–Crippen MR) is 82.2 cm³/mol. The Bertz CT molecular complexity index is 306. The van der Waals surface area contributed by atoms with E-state index in [1.165, 1.54) is 4.88 Å². The van der Waals surface area contributed by atoms with Gasteiger partial charge in [-0.05, 0) is 23.9 Å². The van der Waals surface area contributed by atoms with E-state index < -0.39 is 0 Å². The molecule has 0 fully saturated rings. The van der Waals surface area contributed by atoms with Crippen LogP contribution < -0.4 is 5.32 Å². The Morgan fingerprint density at radius 2 is 2.00 bits per heavy atom. The third-order valence-corrected chi connectivity index (χ3v) is 4.18. The number of nitrogens with one attached hydrogen (secondary N) is 1. The average molecular weight is 268 g/mol. The van der Waals surface area contributed by atoms with E-state index in [0.717, 1.165) is 19.6 Å². The summed E-state index contributed by atoms with van der Waals surface area (Å²) >= 11 is 1.86. The maximum Gasteiger partial charge on any atom is 0.0331 e. The molecular formula is C15H28N2S. The monoisotopic (exact) mass is 268 g/mol. The second kappa shape index (κ2) is 7.93. The smallest absolute Gasteiger partial charge is 0.0331 e. The van der Waals surface area contributed by atoms with Gasteiger partial charge in [0.2, 0.25) is 0 Å². The lowest BCUT2D eigenvalue weighted by molar-refractivity contribution is 0.150. The van der Waals surface area contributed by atoms with Gasteiger partial charge in [0.05, 0.1) is 0 Å². The zero-order valence-corrected chi connectivity index (χ0v) is 13.3. The molecule has 1 heterocycles. The second-order valence-corrected chi connectivity index (χ2v) is 6.55. The van der Waals surface area contributed by atoms with Crippen LogP contribution in [0.5, 0.6) is 0 Å². The van der Waals surface area contributed by atoms with Crippen LogP contribution >= 0.6 is 11.3 Å². The highest BCUT2D eigenvalue weighted by Crippen LogP contribution is 2.17. The van der Waals surface area contributed by atoms with Crippen LogP contribution in [0.3, 0.4) is 0 Å². The van der Waals surface area contributed by atoms with Crippen molar-refractivity contribution in [3.8, 4) is 0 Å². The van der Waals surface area contributed by atoms with Crippen LogP contribution in [0.4, 0.5) is 0 Å². The van der Waals surface area contributed by atoms with E-state index in [9.17, 15) is 0 Å². The van der Waals surface area contributed by atoms with Crippen molar-refractivity contribution in [3.63, 3.8) is 0 Å². The lowest BCUT2D eigenvalue weighted by Gasteiger charge is -2.34. The van der Waals surface area contributed by atoms with E-state index in [1.54, 1.807) is 0 Å². The molecule has 0 aliphatic rings. The largest absolute Gasteiger partial charge is 0.313 e. The van der Waals surface area contributed by atoms with Gasteiger partial charge in [0.15, 0.2) is 0 Å². The molecule has 3 heteroatoms. The number of thiophene rings is 1. The van der Waals surface area contributed by atoms with Gasteiger partial charge in [0, 0.05) is 30.1 Å². The van der Waals surface area contributed by atoms with E-state index in [2.05, 4.69) is 62.3 Å². The zero-order chi connectivity index (χ0) is 13.5. The first-order valence-corrected chi connectivity index (χ1v) is 7.92. The normalized spacial score (nSPS) is 13.8. The molecule has 0 saturated carbocycles. The first-order valence-electron chi connectivity index (χ1n) is 7.04. The van der Waals surface area contributed by atoms with Crippen molar-refractivity contribution in [2.24, 2.45) is 5.92 Å². The molecule has 0 spiro atoms. The molecule has 18 heavy (non-hydrogen) atoms. The van der Waals surface area contributed by atoms with E-state index in [0.29, 0.717) is 18.0 Å². The zero-order valence-electron chi connectivity index (χ0n) is 12.4. The first-order chi connectivity index (χ1) is 8.54. The summed E-state index contributed by atoms with van der Waals surface area (Å²) in [5.41, 5.74) is 0. The van der Waals surface area contributed by atoms with E-state index >= 15 is 0 Å². The maximum absolute atomic E-state index is 3.58.